The lowest BCUT2D eigenvalue weighted by atomic mass is 9.89. The van der Waals surface area contributed by atoms with Crippen LogP contribution in [0.3, 0.4) is 0 Å². The van der Waals surface area contributed by atoms with E-state index in [0.29, 0.717) is 72.2 Å². The summed E-state index contributed by atoms with van der Waals surface area (Å²) in [6.07, 6.45) is 4.40. The van der Waals surface area contributed by atoms with Gasteiger partial charge in [0.1, 0.15) is 10.5 Å². The number of thiazole rings is 1. The monoisotopic (exact) mass is 603 g/mol. The summed E-state index contributed by atoms with van der Waals surface area (Å²) in [5.74, 6) is -0.276. The molecule has 5 heterocycles. The lowest BCUT2D eigenvalue weighted by molar-refractivity contribution is 0.203. The van der Waals surface area contributed by atoms with E-state index in [0.717, 1.165) is 17.4 Å². The zero-order chi connectivity index (χ0) is 28.7. The van der Waals surface area contributed by atoms with E-state index in [1.165, 1.54) is 16.8 Å². The number of ether oxygens (including phenoxy) is 1. The zero-order valence-corrected chi connectivity index (χ0v) is 23.7. The predicted octanol–water partition coefficient (Wildman–Crippen LogP) is 3.26. The molecule has 1 fully saturated rings. The first-order valence-electron chi connectivity index (χ1n) is 13.0. The lowest BCUT2D eigenvalue weighted by Crippen LogP contribution is -2.36. The number of nitrogens with two attached hydrogens (primary N) is 1. The van der Waals surface area contributed by atoms with Crippen LogP contribution >= 0.6 is 11.3 Å². The standard InChI is InChI=1S/C26H27F2N7O4S2/c1-41(37)12-11-39-20-13-16(17(27)14-18(20)28)15-4-6-33(7-5-15)8-9-34-23-21(40-26(34)36)24-30-22(19-3-2-10-38-19)32-35(24)25(29)31-23/h2-3,10,13-15H,4-9,11-12H2,1H3,(H2,29,31)/t41-/m1/s1. The van der Waals surface area contributed by atoms with Gasteiger partial charge in [-0.05, 0) is 55.6 Å². The fourth-order valence-electron chi connectivity index (χ4n) is 5.08. The Morgan fingerprint density at radius 2 is 1.98 bits per heavy atom. The summed E-state index contributed by atoms with van der Waals surface area (Å²) in [7, 11) is -1.07. The number of halogens is 2. The van der Waals surface area contributed by atoms with Crippen LogP contribution in [0.15, 0.2) is 39.7 Å². The molecule has 0 amide bonds. The van der Waals surface area contributed by atoms with Crippen LogP contribution < -0.4 is 15.3 Å². The highest BCUT2D eigenvalue weighted by molar-refractivity contribution is 7.84. The molecule has 0 spiro atoms. The van der Waals surface area contributed by atoms with Crippen LogP contribution in [-0.4, -0.2) is 71.5 Å². The number of nitrogens with zero attached hydrogens (tertiary/aromatic N) is 6. The van der Waals surface area contributed by atoms with E-state index < -0.39 is 22.4 Å². The first kappa shape index (κ1) is 27.5. The molecule has 0 bridgehead atoms. The van der Waals surface area contributed by atoms with E-state index >= 15 is 0 Å². The SMILES string of the molecule is C[S@@](=O)CCOc1cc(C2CCN(CCn3c(=O)sc4c3nc(N)n3nc(-c5ccco5)nc43)CC2)c(F)cc1F. The molecule has 11 nitrogen and oxygen atoms in total. The number of piperidine rings is 1. The minimum absolute atomic E-state index is 0.0252. The van der Waals surface area contributed by atoms with Crippen LogP contribution in [0.4, 0.5) is 14.7 Å². The number of likely N-dealkylation sites (tertiary alicyclic amines) is 1. The average molecular weight is 604 g/mol. The van der Waals surface area contributed by atoms with E-state index in [9.17, 15) is 17.8 Å². The molecule has 1 saturated heterocycles. The normalized spacial score (nSPS) is 15.7. The second-order valence-corrected chi connectivity index (χ2v) is 12.4. The molecule has 0 aliphatic carbocycles. The van der Waals surface area contributed by atoms with Crippen molar-refractivity contribution in [3.63, 3.8) is 0 Å². The summed E-state index contributed by atoms with van der Waals surface area (Å²) in [6, 6.07) is 5.76. The Bertz CT molecular complexity index is 1790. The van der Waals surface area contributed by atoms with Gasteiger partial charge in [0.25, 0.3) is 0 Å². The van der Waals surface area contributed by atoms with Crippen LogP contribution in [0.25, 0.3) is 27.6 Å². The first-order chi connectivity index (χ1) is 19.8. The van der Waals surface area contributed by atoms with E-state index in [1.807, 2.05) is 0 Å². The number of hydrogen-bond donors (Lipinski definition) is 1. The quantitative estimate of drug-likeness (QED) is 0.269. The number of hydrogen-bond acceptors (Lipinski definition) is 10. The molecule has 216 valence electrons. The maximum Gasteiger partial charge on any atom is 0.309 e. The van der Waals surface area contributed by atoms with Gasteiger partial charge in [0.05, 0.1) is 18.6 Å². The number of anilines is 1. The highest BCUT2D eigenvalue weighted by Gasteiger charge is 2.26. The van der Waals surface area contributed by atoms with Gasteiger partial charge in [-0.2, -0.15) is 9.50 Å². The highest BCUT2D eigenvalue weighted by atomic mass is 32.2. The Balaban J connectivity index is 1.14. The number of rotatable bonds is 9. The minimum atomic E-state index is -1.07. The molecule has 0 saturated carbocycles. The largest absolute Gasteiger partial charge is 0.490 e. The summed E-state index contributed by atoms with van der Waals surface area (Å²) >= 11 is 1.04. The molecular weight excluding hydrogens is 576 g/mol. The Hall–Kier alpha value is -3.69. The van der Waals surface area contributed by atoms with Crippen LogP contribution in [0.5, 0.6) is 5.75 Å². The van der Waals surface area contributed by atoms with Crippen LogP contribution in [-0.2, 0) is 17.3 Å². The van der Waals surface area contributed by atoms with E-state index in [2.05, 4.69) is 20.0 Å². The fraction of sp³-hybridized carbons (Fsp3) is 0.385. The van der Waals surface area contributed by atoms with Crippen LogP contribution in [0, 0.1) is 11.6 Å². The Morgan fingerprint density at radius 3 is 2.71 bits per heavy atom. The van der Waals surface area contributed by atoms with Gasteiger partial charge in [0, 0.05) is 36.2 Å². The zero-order valence-electron chi connectivity index (χ0n) is 22.1. The van der Waals surface area contributed by atoms with Gasteiger partial charge in [-0.25, -0.2) is 13.8 Å². The van der Waals surface area contributed by atoms with Crippen LogP contribution in [0.1, 0.15) is 24.3 Å². The third-order valence-electron chi connectivity index (χ3n) is 7.20. The van der Waals surface area contributed by atoms with Crippen molar-refractivity contribution < 1.29 is 22.1 Å². The predicted molar refractivity (Wildman–Crippen MR) is 152 cm³/mol. The Labute approximate surface area is 239 Å². The number of furan rings is 1. The van der Waals surface area contributed by atoms with Gasteiger partial charge in [0.15, 0.2) is 28.6 Å². The topological polar surface area (TPSA) is 134 Å². The van der Waals surface area contributed by atoms with Gasteiger partial charge < -0.3 is 19.8 Å². The number of nitrogen functional groups attached to an aromatic ring is 1. The molecule has 1 aliphatic heterocycles. The molecule has 5 aromatic rings. The van der Waals surface area contributed by atoms with Crippen molar-refractivity contribution in [2.75, 3.05) is 44.0 Å². The van der Waals surface area contributed by atoms with Gasteiger partial charge in [-0.3, -0.25) is 13.6 Å². The molecule has 41 heavy (non-hydrogen) atoms. The van der Waals surface area contributed by atoms with Crippen molar-refractivity contribution in [3.8, 4) is 17.3 Å². The lowest BCUT2D eigenvalue weighted by Gasteiger charge is -2.32. The molecule has 1 aromatic carbocycles. The number of benzene rings is 1. The number of aromatic nitrogens is 5. The second kappa shape index (κ2) is 11.3. The molecular formula is C26H27F2N7O4S2. The summed E-state index contributed by atoms with van der Waals surface area (Å²) in [5.41, 5.74) is 7.48. The summed E-state index contributed by atoms with van der Waals surface area (Å²) < 4.78 is 54.6. The first-order valence-corrected chi connectivity index (χ1v) is 15.6. The fourth-order valence-corrected chi connectivity index (χ4v) is 6.33. The van der Waals surface area contributed by atoms with Gasteiger partial charge >= 0.3 is 4.87 Å². The van der Waals surface area contributed by atoms with Crippen LogP contribution in [0.2, 0.25) is 0 Å². The summed E-state index contributed by atoms with van der Waals surface area (Å²) in [5, 5.41) is 4.38. The maximum atomic E-state index is 14.7. The third kappa shape index (κ3) is 5.48. The highest BCUT2D eigenvalue weighted by Crippen LogP contribution is 2.34. The molecule has 2 N–H and O–H groups in total. The van der Waals surface area contributed by atoms with Crippen molar-refractivity contribution in [1.29, 1.82) is 0 Å². The Morgan fingerprint density at radius 1 is 1.17 bits per heavy atom. The van der Waals surface area contributed by atoms with Gasteiger partial charge in [-0.1, -0.05) is 11.3 Å². The number of fused-ring (bicyclic) bond motifs is 3. The van der Waals surface area contributed by atoms with E-state index in [-0.39, 0.29) is 34.8 Å². The van der Waals surface area contributed by atoms with Crippen molar-refractivity contribution >= 4 is 44.1 Å². The average Bonchev–Trinajstić information content (AvgIpc) is 3.68. The maximum absolute atomic E-state index is 14.7. The van der Waals surface area contributed by atoms with Crippen molar-refractivity contribution in [1.82, 2.24) is 29.0 Å². The van der Waals surface area contributed by atoms with E-state index in [1.54, 1.807) is 23.0 Å². The molecule has 4 aromatic heterocycles. The molecule has 1 aliphatic rings. The molecule has 6 rings (SSSR count). The summed E-state index contributed by atoms with van der Waals surface area (Å²) in [6.45, 7) is 2.44. The third-order valence-corrected chi connectivity index (χ3v) is 8.91. The summed E-state index contributed by atoms with van der Waals surface area (Å²) in [4.78, 5) is 24.0. The minimum Gasteiger partial charge on any atom is -0.490 e. The molecule has 15 heteroatoms. The van der Waals surface area contributed by atoms with Crippen molar-refractivity contribution in [3.05, 3.63) is 57.4 Å². The van der Waals surface area contributed by atoms with E-state index in [4.69, 9.17) is 14.9 Å². The molecule has 0 radical (unpaired) electrons. The molecule has 0 unspecified atom stereocenters. The Kier molecular flexibility index (Phi) is 7.57. The second-order valence-electron chi connectivity index (χ2n) is 9.84. The van der Waals surface area contributed by atoms with Crippen molar-refractivity contribution in [2.45, 2.75) is 25.3 Å². The molecule has 1 atom stereocenters. The van der Waals surface area contributed by atoms with Gasteiger partial charge in [-0.15, -0.1) is 5.10 Å². The van der Waals surface area contributed by atoms with Gasteiger partial charge in [0.2, 0.25) is 11.8 Å². The van der Waals surface area contributed by atoms with Crippen molar-refractivity contribution in [2.24, 2.45) is 0 Å². The smallest absolute Gasteiger partial charge is 0.309 e.